The van der Waals surface area contributed by atoms with Crippen molar-refractivity contribution in [3.8, 4) is 0 Å². The number of unbranched alkanes of at least 4 members (excludes halogenated alkanes) is 9. The molecule has 0 spiro atoms. The fourth-order valence-corrected chi connectivity index (χ4v) is 2.99. The van der Waals surface area contributed by atoms with E-state index in [-0.39, 0.29) is 5.97 Å². The Kier molecular flexibility index (Phi) is 18.6. The molecule has 0 amide bonds. The van der Waals surface area contributed by atoms with Crippen molar-refractivity contribution in [1.29, 1.82) is 0 Å². The van der Waals surface area contributed by atoms with Gasteiger partial charge in [-0.15, -0.1) is 0 Å². The Balaban J connectivity index is 3.57. The second kappa shape index (κ2) is 19.4. The SMILES string of the molecule is CCCCCCN(CCCCCCCCCOC(C)=O)CCCN=O. The second-order valence-electron chi connectivity index (χ2n) is 6.92. The van der Waals surface area contributed by atoms with E-state index in [0.717, 1.165) is 38.9 Å². The number of nitrogens with zero attached hydrogens (tertiary/aromatic N) is 2. The Hall–Kier alpha value is -0.970. The van der Waals surface area contributed by atoms with Gasteiger partial charge in [0.15, 0.2) is 0 Å². The van der Waals surface area contributed by atoms with E-state index in [1.54, 1.807) is 0 Å². The highest BCUT2D eigenvalue weighted by molar-refractivity contribution is 5.65. The molecule has 148 valence electrons. The highest BCUT2D eigenvalue weighted by Gasteiger charge is 2.04. The van der Waals surface area contributed by atoms with Gasteiger partial charge in [-0.2, -0.15) is 4.91 Å². The lowest BCUT2D eigenvalue weighted by Gasteiger charge is -2.21. The minimum absolute atomic E-state index is 0.178. The predicted octanol–water partition coefficient (Wildman–Crippen LogP) is 5.32. The molecule has 0 aromatic rings. The Labute approximate surface area is 154 Å². The predicted molar refractivity (Wildman–Crippen MR) is 105 cm³/mol. The van der Waals surface area contributed by atoms with Crippen molar-refractivity contribution in [2.45, 2.75) is 90.9 Å². The molecule has 0 unspecified atom stereocenters. The van der Waals surface area contributed by atoms with Crippen LogP contribution in [0.4, 0.5) is 0 Å². The largest absolute Gasteiger partial charge is 0.466 e. The van der Waals surface area contributed by atoms with Gasteiger partial charge in [-0.05, 0) is 38.8 Å². The van der Waals surface area contributed by atoms with Crippen LogP contribution in [-0.4, -0.2) is 43.7 Å². The summed E-state index contributed by atoms with van der Waals surface area (Å²) in [7, 11) is 0. The maximum absolute atomic E-state index is 10.6. The van der Waals surface area contributed by atoms with Crippen LogP contribution < -0.4 is 0 Å². The molecule has 0 rings (SSSR count). The van der Waals surface area contributed by atoms with E-state index in [2.05, 4.69) is 17.0 Å². The van der Waals surface area contributed by atoms with Crippen molar-refractivity contribution in [3.63, 3.8) is 0 Å². The molecule has 0 radical (unpaired) electrons. The number of carbonyl (C=O) groups is 1. The number of ether oxygens (including phenoxy) is 1. The van der Waals surface area contributed by atoms with Gasteiger partial charge in [-0.25, -0.2) is 0 Å². The Morgan fingerprint density at radius 2 is 1.32 bits per heavy atom. The fourth-order valence-electron chi connectivity index (χ4n) is 2.99. The zero-order valence-electron chi connectivity index (χ0n) is 16.6. The molecule has 0 aliphatic heterocycles. The van der Waals surface area contributed by atoms with Crippen LogP contribution in [0.25, 0.3) is 0 Å². The molecule has 0 aromatic carbocycles. The number of esters is 1. The molecule has 0 N–H and O–H groups in total. The van der Waals surface area contributed by atoms with Gasteiger partial charge in [-0.1, -0.05) is 63.5 Å². The third-order valence-electron chi connectivity index (χ3n) is 4.48. The van der Waals surface area contributed by atoms with Crippen LogP contribution in [-0.2, 0) is 9.53 Å². The highest BCUT2D eigenvalue weighted by Crippen LogP contribution is 2.09. The normalized spacial score (nSPS) is 11.0. The third-order valence-corrected chi connectivity index (χ3v) is 4.48. The van der Waals surface area contributed by atoms with E-state index in [4.69, 9.17) is 4.74 Å². The molecule has 0 atom stereocenters. The zero-order chi connectivity index (χ0) is 18.6. The van der Waals surface area contributed by atoms with Gasteiger partial charge in [0.25, 0.3) is 0 Å². The van der Waals surface area contributed by atoms with Crippen LogP contribution in [0.3, 0.4) is 0 Å². The first-order chi connectivity index (χ1) is 12.2. The van der Waals surface area contributed by atoms with Crippen molar-refractivity contribution < 1.29 is 9.53 Å². The first kappa shape index (κ1) is 24.0. The monoisotopic (exact) mass is 356 g/mol. The second-order valence-corrected chi connectivity index (χ2v) is 6.92. The number of carbonyl (C=O) groups excluding carboxylic acids is 1. The Morgan fingerprint density at radius 1 is 0.800 bits per heavy atom. The third kappa shape index (κ3) is 19.2. The molecule has 0 aliphatic rings. The van der Waals surface area contributed by atoms with Crippen molar-refractivity contribution in [1.82, 2.24) is 4.90 Å². The van der Waals surface area contributed by atoms with Crippen molar-refractivity contribution in [2.75, 3.05) is 32.8 Å². The number of rotatable bonds is 19. The molecule has 5 nitrogen and oxygen atoms in total. The lowest BCUT2D eigenvalue weighted by Crippen LogP contribution is -2.27. The summed E-state index contributed by atoms with van der Waals surface area (Å²) in [4.78, 5) is 23.4. The fraction of sp³-hybridized carbons (Fsp3) is 0.950. The molecule has 25 heavy (non-hydrogen) atoms. The van der Waals surface area contributed by atoms with E-state index in [0.29, 0.717) is 13.2 Å². The maximum atomic E-state index is 10.6. The Morgan fingerprint density at radius 3 is 1.88 bits per heavy atom. The summed E-state index contributed by atoms with van der Waals surface area (Å²) < 4.78 is 4.93. The van der Waals surface area contributed by atoms with Gasteiger partial charge in [-0.3, -0.25) is 4.79 Å². The summed E-state index contributed by atoms with van der Waals surface area (Å²) in [6.45, 7) is 8.03. The van der Waals surface area contributed by atoms with Crippen LogP contribution >= 0.6 is 0 Å². The molecule has 0 fully saturated rings. The van der Waals surface area contributed by atoms with Gasteiger partial charge in [0, 0.05) is 13.5 Å². The van der Waals surface area contributed by atoms with Gasteiger partial charge in [0.1, 0.15) is 0 Å². The summed E-state index contributed by atoms with van der Waals surface area (Å²) in [6.07, 6.45) is 14.5. The summed E-state index contributed by atoms with van der Waals surface area (Å²) in [5.74, 6) is -0.178. The first-order valence-corrected chi connectivity index (χ1v) is 10.4. The minimum Gasteiger partial charge on any atom is -0.466 e. The smallest absolute Gasteiger partial charge is 0.302 e. The molecule has 0 saturated heterocycles. The molecular formula is C20H40N2O3. The lowest BCUT2D eigenvalue weighted by molar-refractivity contribution is -0.141. The van der Waals surface area contributed by atoms with E-state index >= 15 is 0 Å². The topological polar surface area (TPSA) is 59.0 Å². The van der Waals surface area contributed by atoms with E-state index in [9.17, 15) is 9.70 Å². The van der Waals surface area contributed by atoms with E-state index < -0.39 is 0 Å². The molecule has 5 heteroatoms. The van der Waals surface area contributed by atoms with Crippen molar-refractivity contribution >= 4 is 5.97 Å². The minimum atomic E-state index is -0.178. The van der Waals surface area contributed by atoms with Crippen molar-refractivity contribution in [3.05, 3.63) is 4.91 Å². The average molecular weight is 357 g/mol. The first-order valence-electron chi connectivity index (χ1n) is 10.4. The molecule has 0 bridgehead atoms. The average Bonchev–Trinajstić information content (AvgIpc) is 2.59. The summed E-state index contributed by atoms with van der Waals surface area (Å²) >= 11 is 0. The number of hydrogen-bond donors (Lipinski definition) is 0. The maximum Gasteiger partial charge on any atom is 0.302 e. The zero-order valence-corrected chi connectivity index (χ0v) is 16.6. The lowest BCUT2D eigenvalue weighted by atomic mass is 10.1. The highest BCUT2D eigenvalue weighted by atomic mass is 16.5. The van der Waals surface area contributed by atoms with Crippen LogP contribution in [0.2, 0.25) is 0 Å². The van der Waals surface area contributed by atoms with Gasteiger partial charge in [0.05, 0.1) is 13.2 Å². The van der Waals surface area contributed by atoms with Gasteiger partial charge >= 0.3 is 5.97 Å². The summed E-state index contributed by atoms with van der Waals surface area (Å²) in [5.41, 5.74) is 0. The van der Waals surface area contributed by atoms with Gasteiger partial charge < -0.3 is 9.64 Å². The van der Waals surface area contributed by atoms with Crippen LogP contribution in [0.1, 0.15) is 90.9 Å². The number of hydrogen-bond acceptors (Lipinski definition) is 5. The summed E-state index contributed by atoms with van der Waals surface area (Å²) in [5, 5.41) is 2.97. The molecule has 0 aliphatic carbocycles. The quantitative estimate of drug-likeness (QED) is 0.178. The van der Waals surface area contributed by atoms with Crippen LogP contribution in [0, 0.1) is 4.91 Å². The summed E-state index contributed by atoms with van der Waals surface area (Å²) in [6, 6.07) is 0. The molecule has 0 aromatic heterocycles. The number of nitroso groups, excluding NO2 is 1. The molecular weight excluding hydrogens is 316 g/mol. The van der Waals surface area contributed by atoms with Crippen molar-refractivity contribution in [2.24, 2.45) is 5.18 Å². The standard InChI is InChI=1S/C20H40N2O3/c1-3-4-5-11-16-22(18-14-15-21-24)17-12-9-7-6-8-10-13-19-25-20(2)23/h3-19H2,1-2H3. The Bertz CT molecular complexity index is 311. The van der Waals surface area contributed by atoms with Crippen LogP contribution in [0.5, 0.6) is 0 Å². The van der Waals surface area contributed by atoms with Crippen LogP contribution in [0.15, 0.2) is 5.18 Å². The van der Waals surface area contributed by atoms with Gasteiger partial charge in [0.2, 0.25) is 0 Å². The van der Waals surface area contributed by atoms with E-state index in [1.165, 1.54) is 64.7 Å². The molecule has 0 heterocycles. The van der Waals surface area contributed by atoms with E-state index in [1.807, 2.05) is 0 Å². The molecule has 0 saturated carbocycles.